The van der Waals surface area contributed by atoms with Crippen LogP contribution in [0.4, 0.5) is 10.1 Å². The molecule has 2 heterocycles. The third-order valence-electron chi connectivity index (χ3n) is 7.44. The van der Waals surface area contributed by atoms with Crippen molar-refractivity contribution in [2.24, 2.45) is 5.41 Å². The highest BCUT2D eigenvalue weighted by Crippen LogP contribution is 2.44. The van der Waals surface area contributed by atoms with Gasteiger partial charge in [-0.1, -0.05) is 38.1 Å². The van der Waals surface area contributed by atoms with Crippen molar-refractivity contribution in [1.29, 1.82) is 0 Å². The lowest BCUT2D eigenvalue weighted by atomic mass is 9.82. The first-order valence-electron chi connectivity index (χ1n) is 14.1. The number of piperidine rings is 1. The first kappa shape index (κ1) is 30.5. The van der Waals surface area contributed by atoms with Crippen molar-refractivity contribution in [2.45, 2.75) is 72.2 Å². The zero-order chi connectivity index (χ0) is 29.8. The van der Waals surface area contributed by atoms with Gasteiger partial charge < -0.3 is 24.6 Å². The van der Waals surface area contributed by atoms with Gasteiger partial charge in [-0.05, 0) is 74.4 Å². The van der Waals surface area contributed by atoms with Crippen LogP contribution in [-0.4, -0.2) is 46.5 Å². The molecule has 1 aliphatic rings. The number of carbonyl (C=O) groups is 1. The molecule has 0 bridgehead atoms. The van der Waals surface area contributed by atoms with E-state index in [9.17, 15) is 19.4 Å². The molecule has 8 heteroatoms. The van der Waals surface area contributed by atoms with Crippen molar-refractivity contribution < 1.29 is 28.9 Å². The van der Waals surface area contributed by atoms with Crippen molar-refractivity contribution in [2.75, 3.05) is 24.6 Å². The summed E-state index contributed by atoms with van der Waals surface area (Å²) < 4.78 is 25.2. The van der Waals surface area contributed by atoms with E-state index < -0.39 is 17.7 Å². The van der Waals surface area contributed by atoms with Crippen LogP contribution < -0.4 is 9.64 Å². The number of hydrogen-bond acceptors (Lipinski definition) is 6. The number of aliphatic hydroxyl groups is 1. The lowest BCUT2D eigenvalue weighted by Gasteiger charge is -2.41. The van der Waals surface area contributed by atoms with Crippen molar-refractivity contribution in [3.05, 3.63) is 77.4 Å². The van der Waals surface area contributed by atoms with Crippen LogP contribution in [0.1, 0.15) is 70.4 Å². The van der Waals surface area contributed by atoms with Gasteiger partial charge in [0.15, 0.2) is 6.10 Å². The van der Waals surface area contributed by atoms with Crippen LogP contribution in [0.2, 0.25) is 0 Å². The van der Waals surface area contributed by atoms with E-state index in [4.69, 9.17) is 9.47 Å². The molecule has 1 fully saturated rings. The Bertz CT molecular complexity index is 1320. The maximum atomic E-state index is 13.2. The van der Waals surface area contributed by atoms with Gasteiger partial charge >= 0.3 is 5.97 Å². The number of carboxylic acids is 1. The van der Waals surface area contributed by atoms with Crippen molar-refractivity contribution in [3.8, 4) is 16.9 Å². The lowest BCUT2D eigenvalue weighted by Crippen LogP contribution is -2.39. The zero-order valence-electron chi connectivity index (χ0n) is 24.6. The number of pyridine rings is 1. The number of ether oxygens (including phenoxy) is 2. The molecule has 1 aromatic heterocycles. The Labute approximate surface area is 242 Å². The van der Waals surface area contributed by atoms with Gasteiger partial charge in [-0.15, -0.1) is 0 Å². The second kappa shape index (κ2) is 12.6. The number of halogens is 1. The maximum Gasteiger partial charge on any atom is 0.337 e. The first-order valence-corrected chi connectivity index (χ1v) is 14.1. The highest BCUT2D eigenvalue weighted by atomic mass is 19.1. The molecule has 1 saturated heterocycles. The number of anilines is 1. The van der Waals surface area contributed by atoms with Crippen LogP contribution in [0.3, 0.4) is 0 Å². The highest BCUT2D eigenvalue weighted by molar-refractivity contribution is 5.87. The van der Waals surface area contributed by atoms with Gasteiger partial charge in [0.1, 0.15) is 11.6 Å². The lowest BCUT2D eigenvalue weighted by molar-refractivity contribution is -0.160. The normalized spacial score (nSPS) is 15.9. The molecule has 0 spiro atoms. The van der Waals surface area contributed by atoms with Crippen LogP contribution in [-0.2, 0) is 22.6 Å². The average molecular weight is 565 g/mol. The predicted molar refractivity (Wildman–Crippen MR) is 158 cm³/mol. The third kappa shape index (κ3) is 7.83. The van der Waals surface area contributed by atoms with E-state index in [-0.39, 0.29) is 17.8 Å². The maximum absolute atomic E-state index is 13.2. The van der Waals surface area contributed by atoms with Crippen LogP contribution in [0, 0.1) is 11.2 Å². The van der Waals surface area contributed by atoms with E-state index in [1.807, 2.05) is 45.0 Å². The predicted octanol–water partition coefficient (Wildman–Crippen LogP) is 6.57. The number of aliphatic carboxylic acids is 1. The number of aliphatic hydroxyl groups excluding tert-OH is 1. The number of carboxylic acid groups (broad SMARTS) is 1. The molecule has 0 amide bonds. The summed E-state index contributed by atoms with van der Waals surface area (Å²) in [6, 6.07) is 13.9. The minimum atomic E-state index is -1.23. The number of aromatic nitrogens is 1. The molecule has 2 aromatic carbocycles. The summed E-state index contributed by atoms with van der Waals surface area (Å²) in [6.45, 7) is 11.6. The molecule has 0 radical (unpaired) electrons. The van der Waals surface area contributed by atoms with Gasteiger partial charge in [0.05, 0.1) is 30.2 Å². The van der Waals surface area contributed by atoms with Crippen LogP contribution in [0.5, 0.6) is 5.75 Å². The van der Waals surface area contributed by atoms with Gasteiger partial charge in [0.2, 0.25) is 0 Å². The fourth-order valence-electron chi connectivity index (χ4n) is 5.10. The Morgan fingerprint density at radius 1 is 1.07 bits per heavy atom. The smallest absolute Gasteiger partial charge is 0.337 e. The quantitative estimate of drug-likeness (QED) is 0.288. The van der Waals surface area contributed by atoms with E-state index >= 15 is 0 Å². The van der Waals surface area contributed by atoms with E-state index in [1.165, 1.54) is 12.1 Å². The molecule has 0 aliphatic carbocycles. The Morgan fingerprint density at radius 3 is 2.27 bits per heavy atom. The van der Waals surface area contributed by atoms with E-state index in [0.29, 0.717) is 35.6 Å². The van der Waals surface area contributed by atoms with E-state index in [1.54, 1.807) is 18.3 Å². The molecule has 2 N–H and O–H groups in total. The molecule has 1 unspecified atom stereocenters. The number of nitrogens with zero attached hydrogens (tertiary/aromatic N) is 2. The van der Waals surface area contributed by atoms with E-state index in [0.717, 1.165) is 42.7 Å². The van der Waals surface area contributed by atoms with Crippen molar-refractivity contribution in [3.63, 3.8) is 0 Å². The Kier molecular flexibility index (Phi) is 9.34. The zero-order valence-corrected chi connectivity index (χ0v) is 24.6. The van der Waals surface area contributed by atoms with Crippen molar-refractivity contribution >= 4 is 11.7 Å². The topological polar surface area (TPSA) is 92.1 Å². The summed E-state index contributed by atoms with van der Waals surface area (Å²) in [5.41, 5.74) is 3.65. The fraction of sp³-hybridized carbons (Fsp3) is 0.455. The molecular formula is C33H41FN2O5. The third-order valence-corrected chi connectivity index (χ3v) is 7.44. The van der Waals surface area contributed by atoms with Gasteiger partial charge in [0, 0.05) is 36.8 Å². The number of benzene rings is 2. The van der Waals surface area contributed by atoms with E-state index in [2.05, 4.69) is 23.7 Å². The van der Waals surface area contributed by atoms with Crippen LogP contribution in [0.15, 0.2) is 54.7 Å². The number of hydrogen-bond donors (Lipinski definition) is 2. The van der Waals surface area contributed by atoms with Crippen molar-refractivity contribution in [1.82, 2.24) is 4.98 Å². The molecule has 1 atom stereocenters. The SMILES string of the molecule is CC1(C)CCN(c2c(C(OC(C)(C)C)C(=O)O)cnc(CO)c2-c2ccc(OCCc3ccc(F)cc3)cc2)CC1. The Balaban J connectivity index is 1.70. The fourth-order valence-corrected chi connectivity index (χ4v) is 5.10. The summed E-state index contributed by atoms with van der Waals surface area (Å²) >= 11 is 0. The molecule has 1 aliphatic heterocycles. The van der Waals surface area contributed by atoms with Crippen LogP contribution >= 0.6 is 0 Å². The monoisotopic (exact) mass is 564 g/mol. The van der Waals surface area contributed by atoms with Gasteiger partial charge in [-0.25, -0.2) is 9.18 Å². The highest BCUT2D eigenvalue weighted by Gasteiger charge is 2.35. The Morgan fingerprint density at radius 2 is 1.71 bits per heavy atom. The summed E-state index contributed by atoms with van der Waals surface area (Å²) in [4.78, 5) is 19.3. The largest absolute Gasteiger partial charge is 0.493 e. The average Bonchev–Trinajstić information content (AvgIpc) is 2.92. The van der Waals surface area contributed by atoms with Gasteiger partial charge in [-0.3, -0.25) is 4.98 Å². The minimum Gasteiger partial charge on any atom is -0.493 e. The molecule has 3 aromatic rings. The molecule has 7 nitrogen and oxygen atoms in total. The summed E-state index contributed by atoms with van der Waals surface area (Å²) in [5, 5.41) is 20.6. The summed E-state index contributed by atoms with van der Waals surface area (Å²) in [5.74, 6) is -0.683. The second-order valence-electron chi connectivity index (χ2n) is 12.4. The molecule has 4 rings (SSSR count). The number of rotatable bonds is 10. The summed E-state index contributed by atoms with van der Waals surface area (Å²) in [6.07, 6.45) is 2.85. The Hall–Kier alpha value is -3.49. The minimum absolute atomic E-state index is 0.185. The first-order chi connectivity index (χ1) is 19.4. The van der Waals surface area contributed by atoms with Gasteiger partial charge in [-0.2, -0.15) is 0 Å². The molecule has 41 heavy (non-hydrogen) atoms. The standard InChI is InChI=1S/C33H41FN2O5/c1-32(2,3)41-30(31(38)39)26-20-35-27(21-37)28(29(26)36-17-15-33(4,5)16-18-36)23-8-12-25(13-9-23)40-19-14-22-6-10-24(34)11-7-22/h6-13,20,30,37H,14-19,21H2,1-5H3,(H,38,39). The molecular weight excluding hydrogens is 523 g/mol. The van der Waals surface area contributed by atoms with Crippen LogP contribution in [0.25, 0.3) is 11.1 Å². The summed E-state index contributed by atoms with van der Waals surface area (Å²) in [7, 11) is 0. The second-order valence-corrected chi connectivity index (χ2v) is 12.4. The van der Waals surface area contributed by atoms with Gasteiger partial charge in [0.25, 0.3) is 0 Å². The molecule has 0 saturated carbocycles. The molecule has 220 valence electrons.